The van der Waals surface area contributed by atoms with Crippen molar-refractivity contribution < 1.29 is 14.3 Å². The second-order valence-electron chi connectivity index (χ2n) is 4.81. The summed E-state index contributed by atoms with van der Waals surface area (Å²) in [7, 11) is 1.33. The average molecular weight is 246 g/mol. The van der Waals surface area contributed by atoms with Gasteiger partial charge in [0.25, 0.3) is 0 Å². The summed E-state index contributed by atoms with van der Waals surface area (Å²) in [6.45, 7) is 0.621. The van der Waals surface area contributed by atoms with Crippen molar-refractivity contribution in [1.29, 1.82) is 0 Å². The SMILES string of the molecule is COC(=O)c1cccc2c1NC(=O)C1(CC1)CN2. The van der Waals surface area contributed by atoms with E-state index in [2.05, 4.69) is 10.6 Å². The molecule has 5 nitrogen and oxygen atoms in total. The molecule has 1 fully saturated rings. The summed E-state index contributed by atoms with van der Waals surface area (Å²) in [5.41, 5.74) is 1.40. The van der Waals surface area contributed by atoms with E-state index in [0.717, 1.165) is 18.5 Å². The molecule has 18 heavy (non-hydrogen) atoms. The molecule has 1 spiro atoms. The summed E-state index contributed by atoms with van der Waals surface area (Å²) < 4.78 is 4.73. The monoisotopic (exact) mass is 246 g/mol. The molecule has 0 saturated heterocycles. The van der Waals surface area contributed by atoms with Gasteiger partial charge >= 0.3 is 5.97 Å². The molecule has 2 aliphatic rings. The molecule has 1 aromatic carbocycles. The number of ether oxygens (including phenoxy) is 1. The van der Waals surface area contributed by atoms with Crippen LogP contribution in [0.2, 0.25) is 0 Å². The van der Waals surface area contributed by atoms with Crippen molar-refractivity contribution >= 4 is 23.3 Å². The third kappa shape index (κ3) is 1.54. The average Bonchev–Trinajstić information content (AvgIpc) is 3.18. The molecule has 0 unspecified atom stereocenters. The minimum atomic E-state index is -0.444. The van der Waals surface area contributed by atoms with Gasteiger partial charge in [-0.05, 0) is 25.0 Å². The Morgan fingerprint density at radius 1 is 1.39 bits per heavy atom. The van der Waals surface area contributed by atoms with E-state index in [9.17, 15) is 9.59 Å². The van der Waals surface area contributed by atoms with Crippen LogP contribution >= 0.6 is 0 Å². The van der Waals surface area contributed by atoms with Crippen LogP contribution in [0.1, 0.15) is 23.2 Å². The van der Waals surface area contributed by atoms with Crippen LogP contribution in [0.5, 0.6) is 0 Å². The first-order chi connectivity index (χ1) is 8.66. The lowest BCUT2D eigenvalue weighted by atomic mass is 10.1. The molecule has 5 heteroatoms. The van der Waals surface area contributed by atoms with Gasteiger partial charge in [0.05, 0.1) is 29.5 Å². The summed E-state index contributed by atoms with van der Waals surface area (Å²) in [6, 6.07) is 5.27. The molecule has 2 N–H and O–H groups in total. The maximum absolute atomic E-state index is 12.1. The summed E-state index contributed by atoms with van der Waals surface area (Å²) in [6.07, 6.45) is 1.79. The number of amides is 1. The van der Waals surface area contributed by atoms with Crippen molar-refractivity contribution in [1.82, 2.24) is 0 Å². The lowest BCUT2D eigenvalue weighted by Gasteiger charge is -2.11. The quantitative estimate of drug-likeness (QED) is 0.739. The van der Waals surface area contributed by atoms with Crippen LogP contribution in [0.3, 0.4) is 0 Å². The highest BCUT2D eigenvalue weighted by Crippen LogP contribution is 2.49. The highest BCUT2D eigenvalue weighted by Gasteiger charge is 2.51. The molecule has 1 amide bonds. The Balaban J connectivity index is 2.04. The first-order valence-corrected chi connectivity index (χ1v) is 5.93. The van der Waals surface area contributed by atoms with E-state index in [-0.39, 0.29) is 11.3 Å². The maximum atomic E-state index is 12.1. The van der Waals surface area contributed by atoms with Crippen molar-refractivity contribution in [3.8, 4) is 0 Å². The first-order valence-electron chi connectivity index (χ1n) is 5.93. The molecular formula is C13H14N2O3. The van der Waals surface area contributed by atoms with Crippen LogP contribution in [-0.2, 0) is 9.53 Å². The van der Waals surface area contributed by atoms with E-state index in [4.69, 9.17) is 4.74 Å². The Kier molecular flexibility index (Phi) is 2.29. The molecule has 1 aliphatic carbocycles. The Morgan fingerprint density at radius 2 is 2.17 bits per heavy atom. The number of nitrogens with one attached hydrogen (secondary N) is 2. The number of methoxy groups -OCH3 is 1. The van der Waals surface area contributed by atoms with Crippen molar-refractivity contribution in [2.75, 3.05) is 24.3 Å². The molecule has 0 atom stereocenters. The largest absolute Gasteiger partial charge is 0.465 e. The second-order valence-corrected chi connectivity index (χ2v) is 4.81. The minimum Gasteiger partial charge on any atom is -0.465 e. The zero-order valence-electron chi connectivity index (χ0n) is 10.1. The molecule has 1 aliphatic heterocycles. The van der Waals surface area contributed by atoms with E-state index in [1.54, 1.807) is 12.1 Å². The van der Waals surface area contributed by atoms with Gasteiger partial charge in [-0.15, -0.1) is 0 Å². The van der Waals surface area contributed by atoms with E-state index < -0.39 is 5.97 Å². The van der Waals surface area contributed by atoms with Gasteiger partial charge in [-0.2, -0.15) is 0 Å². The number of esters is 1. The van der Waals surface area contributed by atoms with Crippen molar-refractivity contribution in [3.05, 3.63) is 23.8 Å². The van der Waals surface area contributed by atoms with Crippen molar-refractivity contribution in [2.45, 2.75) is 12.8 Å². The first kappa shape index (κ1) is 11.1. The van der Waals surface area contributed by atoms with Crippen LogP contribution in [0.4, 0.5) is 11.4 Å². The van der Waals surface area contributed by atoms with E-state index in [1.165, 1.54) is 7.11 Å². The number of benzene rings is 1. The predicted octanol–water partition coefficient (Wildman–Crippen LogP) is 1.62. The molecule has 0 aromatic heterocycles. The van der Waals surface area contributed by atoms with Gasteiger partial charge in [0.2, 0.25) is 5.91 Å². The fourth-order valence-electron chi connectivity index (χ4n) is 2.26. The highest BCUT2D eigenvalue weighted by molar-refractivity contribution is 6.08. The minimum absolute atomic E-state index is 0.00916. The van der Waals surface area contributed by atoms with Crippen LogP contribution in [0.15, 0.2) is 18.2 Å². The fourth-order valence-corrected chi connectivity index (χ4v) is 2.26. The zero-order valence-corrected chi connectivity index (χ0v) is 10.1. The van der Waals surface area contributed by atoms with Gasteiger partial charge < -0.3 is 15.4 Å². The smallest absolute Gasteiger partial charge is 0.340 e. The van der Waals surface area contributed by atoms with Gasteiger partial charge in [-0.1, -0.05) is 6.07 Å². The number of rotatable bonds is 1. The highest BCUT2D eigenvalue weighted by atomic mass is 16.5. The molecule has 1 aromatic rings. The number of hydrogen-bond donors (Lipinski definition) is 2. The number of fused-ring (bicyclic) bond motifs is 1. The summed E-state index contributed by atoms with van der Waals surface area (Å²) in [4.78, 5) is 23.8. The standard InChI is InChI=1S/C13H14N2O3/c1-18-11(16)8-3-2-4-9-10(8)15-12(17)13(5-6-13)7-14-9/h2-4,14H,5-7H2,1H3,(H,15,17). The van der Waals surface area contributed by atoms with E-state index in [1.807, 2.05) is 6.07 Å². The van der Waals surface area contributed by atoms with Crippen LogP contribution < -0.4 is 10.6 Å². The topological polar surface area (TPSA) is 67.4 Å². The van der Waals surface area contributed by atoms with Gasteiger partial charge in [0, 0.05) is 6.54 Å². The molecule has 1 saturated carbocycles. The van der Waals surface area contributed by atoms with Crippen LogP contribution in [0, 0.1) is 5.41 Å². The number of anilines is 2. The molecular weight excluding hydrogens is 232 g/mol. The van der Waals surface area contributed by atoms with Gasteiger partial charge in [-0.3, -0.25) is 4.79 Å². The Labute approximate surface area is 105 Å². The normalized spacial score (nSPS) is 19.3. The Morgan fingerprint density at radius 3 is 2.83 bits per heavy atom. The van der Waals surface area contributed by atoms with Gasteiger partial charge in [-0.25, -0.2) is 4.79 Å². The predicted molar refractivity (Wildman–Crippen MR) is 66.6 cm³/mol. The summed E-state index contributed by atoms with van der Waals surface area (Å²) in [5.74, 6) is -0.453. The van der Waals surface area contributed by atoms with Crippen molar-refractivity contribution in [3.63, 3.8) is 0 Å². The summed E-state index contributed by atoms with van der Waals surface area (Å²) >= 11 is 0. The van der Waals surface area contributed by atoms with Crippen LogP contribution in [-0.4, -0.2) is 25.5 Å². The fraction of sp³-hybridized carbons (Fsp3) is 0.385. The number of carbonyl (C=O) groups is 2. The molecule has 0 radical (unpaired) electrons. The van der Waals surface area contributed by atoms with Gasteiger partial charge in [0.1, 0.15) is 0 Å². The molecule has 94 valence electrons. The van der Waals surface area contributed by atoms with Crippen LogP contribution in [0.25, 0.3) is 0 Å². The summed E-state index contributed by atoms with van der Waals surface area (Å²) in [5, 5.41) is 6.09. The number of para-hydroxylation sites is 1. The van der Waals surface area contributed by atoms with E-state index >= 15 is 0 Å². The van der Waals surface area contributed by atoms with E-state index in [0.29, 0.717) is 17.8 Å². The van der Waals surface area contributed by atoms with Crippen molar-refractivity contribution in [2.24, 2.45) is 5.41 Å². The zero-order chi connectivity index (χ0) is 12.8. The Hall–Kier alpha value is -2.04. The lowest BCUT2D eigenvalue weighted by Crippen LogP contribution is -2.27. The number of hydrogen-bond acceptors (Lipinski definition) is 4. The Bertz CT molecular complexity index is 535. The molecule has 3 rings (SSSR count). The second kappa shape index (κ2) is 3.73. The third-order valence-electron chi connectivity index (χ3n) is 3.66. The maximum Gasteiger partial charge on any atom is 0.340 e. The molecule has 1 heterocycles. The molecule has 0 bridgehead atoms. The van der Waals surface area contributed by atoms with Gasteiger partial charge in [0.15, 0.2) is 0 Å². The third-order valence-corrected chi connectivity index (χ3v) is 3.66. The lowest BCUT2D eigenvalue weighted by molar-refractivity contribution is -0.120. The number of carbonyl (C=O) groups excluding carboxylic acids is 2.